The molecule has 3 aromatic heterocycles. The molecule has 0 bridgehead atoms. The van der Waals surface area contributed by atoms with Crippen LogP contribution in [0.4, 0.5) is 0 Å². The molecule has 0 amide bonds. The summed E-state index contributed by atoms with van der Waals surface area (Å²) in [6.07, 6.45) is 8.00. The zero-order valence-electron chi connectivity index (χ0n) is 14.2. The number of benzene rings is 1. The first-order valence-electron chi connectivity index (χ1n) is 8.69. The van der Waals surface area contributed by atoms with Crippen molar-refractivity contribution < 1.29 is 4.42 Å². The number of aromatic nitrogens is 5. The van der Waals surface area contributed by atoms with Gasteiger partial charge in [-0.05, 0) is 31.2 Å². The lowest BCUT2D eigenvalue weighted by Crippen LogP contribution is -2.11. The van der Waals surface area contributed by atoms with Gasteiger partial charge in [0.1, 0.15) is 5.69 Å². The summed E-state index contributed by atoms with van der Waals surface area (Å²) in [4.78, 5) is 8.55. The number of oxazole rings is 1. The normalized spacial score (nSPS) is 14.2. The second-order valence-corrected chi connectivity index (χ2v) is 6.31. The summed E-state index contributed by atoms with van der Waals surface area (Å²) in [7, 11) is 0. The van der Waals surface area contributed by atoms with Crippen LogP contribution in [0, 0.1) is 0 Å². The fourth-order valence-corrected chi connectivity index (χ4v) is 3.34. The van der Waals surface area contributed by atoms with Crippen LogP contribution in [0.5, 0.6) is 0 Å². The van der Waals surface area contributed by atoms with Crippen molar-refractivity contribution in [2.45, 2.75) is 19.5 Å². The molecule has 7 nitrogen and oxygen atoms in total. The monoisotopic (exact) mass is 346 g/mol. The molecule has 1 aliphatic heterocycles. The van der Waals surface area contributed by atoms with Gasteiger partial charge in [-0.1, -0.05) is 12.1 Å². The molecular formula is C19H18N6O. The van der Waals surface area contributed by atoms with Gasteiger partial charge in [0, 0.05) is 36.7 Å². The molecule has 5 rings (SSSR count). The minimum Gasteiger partial charge on any atom is -0.444 e. The van der Waals surface area contributed by atoms with Gasteiger partial charge >= 0.3 is 0 Å². The van der Waals surface area contributed by atoms with Crippen LogP contribution < -0.4 is 5.32 Å². The minimum atomic E-state index is 0.744. The Morgan fingerprint density at radius 1 is 1.19 bits per heavy atom. The number of nitrogens with one attached hydrogen (secondary N) is 1. The molecule has 1 N–H and O–H groups in total. The van der Waals surface area contributed by atoms with Crippen LogP contribution in [0.2, 0.25) is 0 Å². The van der Waals surface area contributed by atoms with Gasteiger partial charge < -0.3 is 9.73 Å². The Labute approximate surface area is 150 Å². The predicted molar refractivity (Wildman–Crippen MR) is 96.6 cm³/mol. The highest BCUT2D eigenvalue weighted by Crippen LogP contribution is 2.26. The number of aryl methyl sites for hydroxylation is 1. The summed E-state index contributed by atoms with van der Waals surface area (Å²) in [5.74, 6) is 1.58. The third-order valence-corrected chi connectivity index (χ3v) is 4.60. The third kappa shape index (κ3) is 2.62. The largest absolute Gasteiger partial charge is 0.444 e. The van der Waals surface area contributed by atoms with Gasteiger partial charge in [-0.3, -0.25) is 9.25 Å². The molecule has 0 fully saturated rings. The Kier molecular flexibility index (Phi) is 3.64. The summed E-state index contributed by atoms with van der Waals surface area (Å²) in [5, 5.41) is 8.20. The fraction of sp³-hybridized carbons (Fsp3) is 0.211. The van der Waals surface area contributed by atoms with Gasteiger partial charge in [0.05, 0.1) is 11.9 Å². The highest BCUT2D eigenvalue weighted by atomic mass is 16.3. The van der Waals surface area contributed by atoms with Crippen LogP contribution in [0.3, 0.4) is 0 Å². The molecule has 0 aliphatic carbocycles. The van der Waals surface area contributed by atoms with Gasteiger partial charge in [-0.25, -0.2) is 9.97 Å². The van der Waals surface area contributed by atoms with Crippen molar-refractivity contribution in [2.75, 3.05) is 6.54 Å². The fourth-order valence-electron chi connectivity index (χ4n) is 3.34. The standard InChI is InChI=1S/C19H18N6O/c1-3-14(18-12-21-13-26-18)9-15(4-1)24-8-6-22-19(24)17-10-16-11-20-5-2-7-25(16)23-17/h1,3-4,6,8-10,12-13,20H,2,5,7,11H2. The third-order valence-electron chi connectivity index (χ3n) is 4.60. The second-order valence-electron chi connectivity index (χ2n) is 6.31. The lowest BCUT2D eigenvalue weighted by atomic mass is 10.1. The van der Waals surface area contributed by atoms with E-state index in [0.29, 0.717) is 0 Å². The van der Waals surface area contributed by atoms with Crippen molar-refractivity contribution in [3.63, 3.8) is 0 Å². The highest BCUT2D eigenvalue weighted by Gasteiger charge is 2.16. The van der Waals surface area contributed by atoms with E-state index in [-0.39, 0.29) is 0 Å². The van der Waals surface area contributed by atoms with Crippen molar-refractivity contribution in [2.24, 2.45) is 0 Å². The average Bonchev–Trinajstić information content (AvgIpc) is 3.41. The molecular weight excluding hydrogens is 328 g/mol. The van der Waals surface area contributed by atoms with E-state index in [1.54, 1.807) is 12.4 Å². The number of rotatable bonds is 3. The van der Waals surface area contributed by atoms with Crippen molar-refractivity contribution in [3.05, 3.63) is 61.0 Å². The van der Waals surface area contributed by atoms with E-state index >= 15 is 0 Å². The summed E-state index contributed by atoms with van der Waals surface area (Å²) in [5.41, 5.74) is 4.07. The molecule has 1 aromatic carbocycles. The quantitative estimate of drug-likeness (QED) is 0.617. The van der Waals surface area contributed by atoms with Gasteiger partial charge in [-0.15, -0.1) is 0 Å². The van der Waals surface area contributed by atoms with Crippen molar-refractivity contribution >= 4 is 0 Å². The van der Waals surface area contributed by atoms with Crippen molar-refractivity contribution in [1.29, 1.82) is 0 Å². The van der Waals surface area contributed by atoms with E-state index in [4.69, 9.17) is 9.52 Å². The molecule has 0 unspecified atom stereocenters. The maximum atomic E-state index is 5.42. The van der Waals surface area contributed by atoms with Crippen molar-refractivity contribution in [3.8, 4) is 28.5 Å². The summed E-state index contributed by atoms with van der Waals surface area (Å²) < 4.78 is 9.55. The van der Waals surface area contributed by atoms with E-state index in [9.17, 15) is 0 Å². The lowest BCUT2D eigenvalue weighted by molar-refractivity contribution is 0.572. The van der Waals surface area contributed by atoms with E-state index in [1.807, 2.05) is 24.4 Å². The first-order chi connectivity index (χ1) is 12.9. The van der Waals surface area contributed by atoms with Crippen LogP contribution in [-0.4, -0.2) is 30.9 Å². The molecule has 0 spiro atoms. The molecule has 4 heterocycles. The summed E-state index contributed by atoms with van der Waals surface area (Å²) in [6, 6.07) is 10.2. The maximum Gasteiger partial charge on any atom is 0.181 e. The smallest absolute Gasteiger partial charge is 0.181 e. The molecule has 26 heavy (non-hydrogen) atoms. The Bertz CT molecular complexity index is 1010. The number of nitrogens with zero attached hydrogens (tertiary/aromatic N) is 5. The molecule has 1 aliphatic rings. The van der Waals surface area contributed by atoms with E-state index in [0.717, 1.165) is 54.6 Å². The number of fused-ring (bicyclic) bond motifs is 1. The predicted octanol–water partition coefficient (Wildman–Crippen LogP) is 2.88. The first kappa shape index (κ1) is 15.1. The second kappa shape index (κ2) is 6.27. The zero-order valence-corrected chi connectivity index (χ0v) is 14.2. The highest BCUT2D eigenvalue weighted by molar-refractivity contribution is 5.62. The van der Waals surface area contributed by atoms with Gasteiger partial charge in [0.25, 0.3) is 0 Å². The Morgan fingerprint density at radius 3 is 3.12 bits per heavy atom. The number of hydrogen-bond acceptors (Lipinski definition) is 5. The van der Waals surface area contributed by atoms with E-state index < -0.39 is 0 Å². The van der Waals surface area contributed by atoms with Gasteiger partial charge in [-0.2, -0.15) is 5.10 Å². The maximum absolute atomic E-state index is 5.42. The Hall–Kier alpha value is -3.19. The van der Waals surface area contributed by atoms with Crippen LogP contribution in [-0.2, 0) is 13.1 Å². The number of imidazole rings is 1. The SMILES string of the molecule is c1cc(-c2cnco2)cc(-n2ccnc2-c2cc3n(n2)CCCNC3)c1. The van der Waals surface area contributed by atoms with Crippen molar-refractivity contribution in [1.82, 2.24) is 29.6 Å². The van der Waals surface area contributed by atoms with Gasteiger partial charge in [0.15, 0.2) is 18.0 Å². The van der Waals surface area contributed by atoms with E-state index in [1.165, 1.54) is 12.1 Å². The topological polar surface area (TPSA) is 73.7 Å². The van der Waals surface area contributed by atoms with Crippen LogP contribution in [0.15, 0.2) is 59.7 Å². The minimum absolute atomic E-state index is 0.744. The summed E-state index contributed by atoms with van der Waals surface area (Å²) in [6.45, 7) is 2.81. The van der Waals surface area contributed by atoms with Crippen LogP contribution in [0.1, 0.15) is 12.1 Å². The lowest BCUT2D eigenvalue weighted by Gasteiger charge is -2.07. The Morgan fingerprint density at radius 2 is 2.19 bits per heavy atom. The number of hydrogen-bond donors (Lipinski definition) is 1. The Balaban J connectivity index is 1.55. The summed E-state index contributed by atoms with van der Waals surface area (Å²) >= 11 is 0. The molecule has 0 radical (unpaired) electrons. The zero-order chi connectivity index (χ0) is 17.3. The molecule has 0 saturated heterocycles. The molecule has 4 aromatic rings. The molecule has 7 heteroatoms. The average molecular weight is 346 g/mol. The van der Waals surface area contributed by atoms with E-state index in [2.05, 4.69) is 36.7 Å². The molecule has 130 valence electrons. The van der Waals surface area contributed by atoms with Gasteiger partial charge in [0.2, 0.25) is 0 Å². The first-order valence-corrected chi connectivity index (χ1v) is 8.69. The molecule has 0 atom stereocenters. The molecule has 0 saturated carbocycles. The van der Waals surface area contributed by atoms with Crippen LogP contribution in [0.25, 0.3) is 28.5 Å². The van der Waals surface area contributed by atoms with Crippen LogP contribution >= 0.6 is 0 Å².